The van der Waals surface area contributed by atoms with Gasteiger partial charge in [-0.3, -0.25) is 9.59 Å². The number of hydrogen-bond donors (Lipinski definition) is 3. The maximum atomic E-state index is 13.2. The summed E-state index contributed by atoms with van der Waals surface area (Å²) in [6.07, 6.45) is 58.2. The lowest BCUT2D eigenvalue weighted by Crippen LogP contribution is -2.46. The van der Waals surface area contributed by atoms with Crippen LogP contribution in [-0.4, -0.2) is 46.9 Å². The molecule has 0 saturated carbocycles. The molecule has 0 spiro atoms. The van der Waals surface area contributed by atoms with E-state index in [1.165, 1.54) is 180 Å². The summed E-state index contributed by atoms with van der Waals surface area (Å²) in [6, 6.07) is -0.701. The highest BCUT2D eigenvalue weighted by atomic mass is 16.5. The van der Waals surface area contributed by atoms with Crippen LogP contribution < -0.4 is 5.32 Å². The van der Waals surface area contributed by atoms with Crippen LogP contribution in [0.3, 0.4) is 0 Å². The Morgan fingerprint density at radius 2 is 0.871 bits per heavy atom. The third-order valence-corrected chi connectivity index (χ3v) is 12.8. The fraction of sp³-hybridized carbons (Fsp3) is 0.893. The summed E-state index contributed by atoms with van der Waals surface area (Å²) >= 11 is 0. The van der Waals surface area contributed by atoms with Gasteiger partial charge in [0, 0.05) is 6.42 Å². The summed E-state index contributed by atoms with van der Waals surface area (Å²) in [6.45, 7) is 6.40. The molecule has 0 aromatic heterocycles. The smallest absolute Gasteiger partial charge is 0.306 e. The van der Waals surface area contributed by atoms with E-state index in [0.29, 0.717) is 19.3 Å². The Hall–Kier alpha value is -1.66. The minimum atomic E-state index is -0.787. The van der Waals surface area contributed by atoms with Crippen molar-refractivity contribution in [2.75, 3.05) is 6.61 Å². The molecule has 0 bridgehead atoms. The van der Waals surface area contributed by atoms with Crippen molar-refractivity contribution in [2.24, 2.45) is 0 Å². The SMILES string of the molecule is CC/C=C/C/C=C/CCCCCCCC(CC(=O)NC(CO)C(O)CCCCCCCCCCCCCCC)OC(=O)CCCCCCCCCCCCCCCCCCCC. The van der Waals surface area contributed by atoms with Crippen molar-refractivity contribution in [3.8, 4) is 0 Å². The van der Waals surface area contributed by atoms with Gasteiger partial charge in [0.1, 0.15) is 6.10 Å². The molecule has 3 N–H and O–H groups in total. The average molecular weight is 874 g/mol. The molecular weight excluding hydrogens is 767 g/mol. The van der Waals surface area contributed by atoms with Gasteiger partial charge in [-0.15, -0.1) is 0 Å². The molecule has 6 heteroatoms. The molecule has 0 radical (unpaired) electrons. The van der Waals surface area contributed by atoms with Crippen molar-refractivity contribution in [1.82, 2.24) is 5.32 Å². The van der Waals surface area contributed by atoms with E-state index >= 15 is 0 Å². The first kappa shape index (κ1) is 60.3. The van der Waals surface area contributed by atoms with Gasteiger partial charge in [0.25, 0.3) is 0 Å². The lowest BCUT2D eigenvalue weighted by molar-refractivity contribution is -0.151. The Morgan fingerprint density at radius 3 is 1.31 bits per heavy atom. The van der Waals surface area contributed by atoms with Gasteiger partial charge >= 0.3 is 5.97 Å². The second-order valence-electron chi connectivity index (χ2n) is 19.0. The lowest BCUT2D eigenvalue weighted by atomic mass is 10.0. The summed E-state index contributed by atoms with van der Waals surface area (Å²) in [5.41, 5.74) is 0. The number of unbranched alkanes of at least 4 members (excludes halogenated alkanes) is 34. The van der Waals surface area contributed by atoms with Gasteiger partial charge < -0.3 is 20.3 Å². The molecule has 0 aromatic rings. The van der Waals surface area contributed by atoms with Crippen molar-refractivity contribution >= 4 is 11.9 Å². The standard InChI is InChI=1S/C56H107NO5/c1-4-7-10-13-16-19-22-25-26-27-28-29-31-34-37-40-43-46-49-56(61)62-52(47-44-41-38-35-32-24-21-18-15-12-9-6-3)50-55(60)57-53(51-58)54(59)48-45-42-39-36-33-30-23-20-17-14-11-8-5-2/h9,12,18,21,52-54,58-59H,4-8,10-11,13-17,19-20,22-51H2,1-3H3,(H,57,60)/b12-9+,21-18+. The van der Waals surface area contributed by atoms with Crippen molar-refractivity contribution in [3.63, 3.8) is 0 Å². The predicted molar refractivity (Wildman–Crippen MR) is 269 cm³/mol. The highest BCUT2D eigenvalue weighted by molar-refractivity contribution is 5.77. The molecule has 0 aliphatic carbocycles. The molecule has 1 amide bonds. The Labute approximate surface area is 386 Å². The Balaban J connectivity index is 4.47. The number of hydrogen-bond acceptors (Lipinski definition) is 5. The van der Waals surface area contributed by atoms with Crippen LogP contribution >= 0.6 is 0 Å². The van der Waals surface area contributed by atoms with E-state index in [4.69, 9.17) is 4.74 Å². The van der Waals surface area contributed by atoms with E-state index in [2.05, 4.69) is 50.4 Å². The predicted octanol–water partition coefficient (Wildman–Crippen LogP) is 16.7. The summed E-state index contributed by atoms with van der Waals surface area (Å²) < 4.78 is 5.94. The number of amides is 1. The highest BCUT2D eigenvalue weighted by Gasteiger charge is 2.24. The molecule has 0 heterocycles. The second-order valence-corrected chi connectivity index (χ2v) is 19.0. The molecular formula is C56H107NO5. The van der Waals surface area contributed by atoms with E-state index in [0.717, 1.165) is 70.6 Å². The third kappa shape index (κ3) is 44.9. The molecule has 3 unspecified atom stereocenters. The number of esters is 1. The van der Waals surface area contributed by atoms with Gasteiger partial charge in [-0.25, -0.2) is 0 Å². The van der Waals surface area contributed by atoms with Crippen LogP contribution in [0.15, 0.2) is 24.3 Å². The molecule has 0 aliphatic rings. The molecule has 3 atom stereocenters. The molecule has 0 aromatic carbocycles. The summed E-state index contributed by atoms with van der Waals surface area (Å²) in [4.78, 5) is 26.2. The number of rotatable bonds is 50. The number of carbonyl (C=O) groups excluding carboxylic acids is 2. The molecule has 0 saturated heterocycles. The van der Waals surface area contributed by atoms with E-state index in [9.17, 15) is 19.8 Å². The number of carbonyl (C=O) groups is 2. The number of aliphatic hydroxyl groups excluding tert-OH is 2. The highest BCUT2D eigenvalue weighted by Crippen LogP contribution is 2.19. The van der Waals surface area contributed by atoms with Crippen LogP contribution in [0, 0.1) is 0 Å². The van der Waals surface area contributed by atoms with E-state index in [1.807, 2.05) is 0 Å². The summed E-state index contributed by atoms with van der Waals surface area (Å²) in [5, 5.41) is 23.8. The monoisotopic (exact) mass is 874 g/mol. The largest absolute Gasteiger partial charge is 0.462 e. The van der Waals surface area contributed by atoms with Gasteiger partial charge in [-0.05, 0) is 51.4 Å². The van der Waals surface area contributed by atoms with Crippen molar-refractivity contribution < 1.29 is 24.5 Å². The topological polar surface area (TPSA) is 95.9 Å². The molecule has 366 valence electrons. The van der Waals surface area contributed by atoms with Crippen molar-refractivity contribution in [3.05, 3.63) is 24.3 Å². The Bertz CT molecular complexity index is 981. The third-order valence-electron chi connectivity index (χ3n) is 12.8. The Kier molecular flexibility index (Phi) is 49.0. The Morgan fingerprint density at radius 1 is 0.484 bits per heavy atom. The quantitative estimate of drug-likeness (QED) is 0.0321. The number of ether oxygens (including phenoxy) is 1. The van der Waals surface area contributed by atoms with Gasteiger partial charge in [0.05, 0.1) is 25.2 Å². The minimum Gasteiger partial charge on any atom is -0.462 e. The molecule has 0 aliphatic heterocycles. The fourth-order valence-electron chi connectivity index (χ4n) is 8.65. The van der Waals surface area contributed by atoms with E-state index in [-0.39, 0.29) is 24.9 Å². The zero-order valence-corrected chi connectivity index (χ0v) is 41.8. The summed E-state index contributed by atoms with van der Waals surface area (Å²) in [7, 11) is 0. The molecule has 0 fully saturated rings. The first-order valence-corrected chi connectivity index (χ1v) is 27.6. The number of allylic oxidation sites excluding steroid dienone is 4. The maximum absolute atomic E-state index is 13.2. The molecule has 62 heavy (non-hydrogen) atoms. The van der Waals surface area contributed by atoms with E-state index < -0.39 is 18.2 Å². The zero-order chi connectivity index (χ0) is 45.2. The van der Waals surface area contributed by atoms with Crippen LogP contribution in [0.5, 0.6) is 0 Å². The molecule has 6 nitrogen and oxygen atoms in total. The van der Waals surface area contributed by atoms with Gasteiger partial charge in [0.15, 0.2) is 0 Å². The minimum absolute atomic E-state index is 0.0735. The van der Waals surface area contributed by atoms with E-state index in [1.54, 1.807) is 0 Å². The number of nitrogens with one attached hydrogen (secondary N) is 1. The van der Waals surface area contributed by atoms with Gasteiger partial charge in [-0.1, -0.05) is 257 Å². The first-order valence-electron chi connectivity index (χ1n) is 27.6. The van der Waals surface area contributed by atoms with Crippen LogP contribution in [0.4, 0.5) is 0 Å². The van der Waals surface area contributed by atoms with Crippen LogP contribution in [0.25, 0.3) is 0 Å². The average Bonchev–Trinajstić information content (AvgIpc) is 3.26. The van der Waals surface area contributed by atoms with Crippen molar-refractivity contribution in [1.29, 1.82) is 0 Å². The number of aliphatic hydroxyl groups is 2. The van der Waals surface area contributed by atoms with Gasteiger partial charge in [0.2, 0.25) is 5.91 Å². The van der Waals surface area contributed by atoms with Crippen molar-refractivity contribution in [2.45, 2.75) is 315 Å². The van der Waals surface area contributed by atoms with Gasteiger partial charge in [-0.2, -0.15) is 0 Å². The normalized spacial score (nSPS) is 13.3. The van der Waals surface area contributed by atoms with Crippen LogP contribution in [0.1, 0.15) is 297 Å². The fourth-order valence-corrected chi connectivity index (χ4v) is 8.65. The maximum Gasteiger partial charge on any atom is 0.306 e. The zero-order valence-electron chi connectivity index (χ0n) is 41.8. The van der Waals surface area contributed by atoms with Crippen LogP contribution in [-0.2, 0) is 14.3 Å². The summed E-state index contributed by atoms with van der Waals surface area (Å²) in [5.74, 6) is -0.471. The lowest BCUT2D eigenvalue weighted by Gasteiger charge is -2.24. The molecule has 0 rings (SSSR count). The van der Waals surface area contributed by atoms with Crippen LogP contribution in [0.2, 0.25) is 0 Å². The first-order chi connectivity index (χ1) is 30.5. The second kappa shape index (κ2) is 50.3.